The van der Waals surface area contributed by atoms with E-state index in [0.29, 0.717) is 41.0 Å². The van der Waals surface area contributed by atoms with Crippen molar-refractivity contribution in [3.8, 4) is 11.5 Å². The van der Waals surface area contributed by atoms with Gasteiger partial charge in [0.25, 0.3) is 17.1 Å². The number of carbonyl (C=O) groups excluding carboxylic acids is 3. The van der Waals surface area contributed by atoms with Gasteiger partial charge in [-0.3, -0.25) is 19.3 Å². The maximum Gasteiger partial charge on any atom is 0.293 e. The molecule has 0 unspecified atom stereocenters. The minimum Gasteiger partial charge on any atom is -0.490 e. The summed E-state index contributed by atoms with van der Waals surface area (Å²) in [6, 6.07) is 8.60. The van der Waals surface area contributed by atoms with Crippen molar-refractivity contribution in [1.82, 2.24) is 4.90 Å². The maximum absolute atomic E-state index is 13.1. The molecule has 4 rings (SSSR count). The van der Waals surface area contributed by atoms with E-state index in [1.807, 2.05) is 0 Å². The lowest BCUT2D eigenvalue weighted by Gasteiger charge is -2.25. The topological polar surface area (TPSA) is 84.9 Å². The van der Waals surface area contributed by atoms with Crippen LogP contribution < -0.4 is 14.8 Å². The fraction of sp³-hybridized carbons (Fsp3) is 0.370. The fourth-order valence-electron chi connectivity index (χ4n) is 4.38. The summed E-state index contributed by atoms with van der Waals surface area (Å²) in [5, 5.41) is 2.54. The van der Waals surface area contributed by atoms with E-state index in [0.717, 1.165) is 37.4 Å². The SMILES string of the molecule is CCOc1cc(/C=C2/SC(=O)N(CC3CCCCC3)C2=O)cc(Cl)c1OCC(=O)Nc1ccc(F)cc1. The van der Waals surface area contributed by atoms with Gasteiger partial charge in [0.1, 0.15) is 5.82 Å². The number of benzene rings is 2. The lowest BCUT2D eigenvalue weighted by Crippen LogP contribution is -2.34. The van der Waals surface area contributed by atoms with Crippen LogP contribution in [0.15, 0.2) is 41.3 Å². The number of nitrogens with zero attached hydrogens (tertiary/aromatic N) is 1. The average Bonchev–Trinajstić information content (AvgIpc) is 3.13. The van der Waals surface area contributed by atoms with Crippen molar-refractivity contribution in [3.63, 3.8) is 0 Å². The van der Waals surface area contributed by atoms with Crippen LogP contribution in [0.25, 0.3) is 6.08 Å². The molecule has 37 heavy (non-hydrogen) atoms. The van der Waals surface area contributed by atoms with E-state index in [1.54, 1.807) is 25.1 Å². The van der Waals surface area contributed by atoms with Gasteiger partial charge in [0.2, 0.25) is 0 Å². The van der Waals surface area contributed by atoms with Crippen molar-refractivity contribution >= 4 is 52.2 Å². The summed E-state index contributed by atoms with van der Waals surface area (Å²) < 4.78 is 24.4. The minimum absolute atomic E-state index is 0.181. The van der Waals surface area contributed by atoms with E-state index in [9.17, 15) is 18.8 Å². The van der Waals surface area contributed by atoms with Gasteiger partial charge in [0.15, 0.2) is 18.1 Å². The third-order valence-corrected chi connectivity index (χ3v) is 7.33. The third-order valence-electron chi connectivity index (χ3n) is 6.14. The summed E-state index contributed by atoms with van der Waals surface area (Å²) in [5.74, 6) is -0.320. The molecule has 1 saturated carbocycles. The Bertz CT molecular complexity index is 1200. The molecule has 2 aromatic rings. The van der Waals surface area contributed by atoms with Gasteiger partial charge in [-0.05, 0) is 85.5 Å². The zero-order chi connectivity index (χ0) is 26.4. The molecule has 1 heterocycles. The van der Waals surface area contributed by atoms with Crippen molar-refractivity contribution in [3.05, 3.63) is 57.7 Å². The van der Waals surface area contributed by atoms with E-state index in [1.165, 1.54) is 35.6 Å². The van der Waals surface area contributed by atoms with Crippen LogP contribution in [0.4, 0.5) is 14.9 Å². The van der Waals surface area contributed by atoms with Crippen LogP contribution in [0.1, 0.15) is 44.6 Å². The Balaban J connectivity index is 1.45. The monoisotopic (exact) mass is 546 g/mol. The van der Waals surface area contributed by atoms with Crippen LogP contribution in [-0.2, 0) is 9.59 Å². The Morgan fingerprint density at radius 1 is 1.16 bits per heavy atom. The van der Waals surface area contributed by atoms with Crippen molar-refractivity contribution in [2.45, 2.75) is 39.0 Å². The largest absolute Gasteiger partial charge is 0.490 e. The number of nitrogens with one attached hydrogen (secondary N) is 1. The summed E-state index contributed by atoms with van der Waals surface area (Å²) in [6.07, 6.45) is 7.18. The lowest BCUT2D eigenvalue weighted by molar-refractivity contribution is -0.123. The first-order valence-electron chi connectivity index (χ1n) is 12.2. The molecule has 0 spiro atoms. The number of ether oxygens (including phenoxy) is 2. The van der Waals surface area contributed by atoms with Crippen molar-refractivity contribution in [1.29, 1.82) is 0 Å². The number of thioether (sulfide) groups is 1. The highest BCUT2D eigenvalue weighted by atomic mass is 35.5. The Kier molecular flexibility index (Phi) is 9.10. The first kappa shape index (κ1) is 27.0. The number of hydrogen-bond donors (Lipinski definition) is 1. The quantitative estimate of drug-likeness (QED) is 0.361. The van der Waals surface area contributed by atoms with Crippen LogP contribution in [0.3, 0.4) is 0 Å². The van der Waals surface area contributed by atoms with Gasteiger partial charge in [0, 0.05) is 12.2 Å². The van der Waals surface area contributed by atoms with Gasteiger partial charge < -0.3 is 14.8 Å². The van der Waals surface area contributed by atoms with Gasteiger partial charge in [-0.25, -0.2) is 4.39 Å². The number of carbonyl (C=O) groups is 3. The molecular weight excluding hydrogens is 519 g/mol. The van der Waals surface area contributed by atoms with Crippen molar-refractivity contribution in [2.75, 3.05) is 25.1 Å². The summed E-state index contributed by atoms with van der Waals surface area (Å²) in [4.78, 5) is 39.5. The van der Waals surface area contributed by atoms with Gasteiger partial charge in [-0.2, -0.15) is 0 Å². The second kappa shape index (κ2) is 12.5. The number of halogens is 2. The van der Waals surface area contributed by atoms with Crippen LogP contribution in [0.2, 0.25) is 5.02 Å². The molecule has 1 aliphatic carbocycles. The molecule has 1 N–H and O–H groups in total. The zero-order valence-electron chi connectivity index (χ0n) is 20.4. The first-order chi connectivity index (χ1) is 17.8. The molecule has 196 valence electrons. The minimum atomic E-state index is -0.458. The molecule has 0 bridgehead atoms. The summed E-state index contributed by atoms with van der Waals surface area (Å²) in [6.45, 7) is 2.22. The first-order valence-corrected chi connectivity index (χ1v) is 13.4. The van der Waals surface area contributed by atoms with Crippen LogP contribution in [-0.4, -0.2) is 41.7 Å². The number of rotatable bonds is 9. The van der Waals surface area contributed by atoms with E-state index in [2.05, 4.69) is 5.32 Å². The van der Waals surface area contributed by atoms with Crippen LogP contribution >= 0.6 is 23.4 Å². The Morgan fingerprint density at radius 3 is 2.59 bits per heavy atom. The fourth-order valence-corrected chi connectivity index (χ4v) is 5.50. The average molecular weight is 547 g/mol. The Hall–Kier alpha value is -3.04. The van der Waals surface area contributed by atoms with Gasteiger partial charge in [-0.15, -0.1) is 0 Å². The molecule has 1 saturated heterocycles. The maximum atomic E-state index is 13.1. The van der Waals surface area contributed by atoms with Crippen LogP contribution in [0, 0.1) is 11.7 Å². The molecule has 7 nitrogen and oxygen atoms in total. The highest BCUT2D eigenvalue weighted by molar-refractivity contribution is 8.18. The highest BCUT2D eigenvalue weighted by Gasteiger charge is 2.36. The number of imide groups is 1. The number of amides is 3. The van der Waals surface area contributed by atoms with Gasteiger partial charge in [0.05, 0.1) is 16.5 Å². The lowest BCUT2D eigenvalue weighted by atomic mass is 9.89. The van der Waals surface area contributed by atoms with E-state index in [4.69, 9.17) is 21.1 Å². The molecule has 0 aromatic heterocycles. The Morgan fingerprint density at radius 2 is 1.89 bits per heavy atom. The van der Waals surface area contributed by atoms with E-state index < -0.39 is 11.7 Å². The molecule has 2 aromatic carbocycles. The normalized spacial score (nSPS) is 17.4. The molecule has 0 atom stereocenters. The molecule has 0 radical (unpaired) electrons. The summed E-state index contributed by atoms with van der Waals surface area (Å²) in [7, 11) is 0. The molecule has 2 aliphatic rings. The molecule has 2 fully saturated rings. The second-order valence-electron chi connectivity index (χ2n) is 8.90. The van der Waals surface area contributed by atoms with Crippen molar-refractivity contribution < 1.29 is 28.2 Å². The van der Waals surface area contributed by atoms with Crippen LogP contribution in [0.5, 0.6) is 11.5 Å². The number of hydrogen-bond acceptors (Lipinski definition) is 6. The van der Waals surface area contributed by atoms with Crippen molar-refractivity contribution in [2.24, 2.45) is 5.92 Å². The molecule has 10 heteroatoms. The third kappa shape index (κ3) is 7.05. The zero-order valence-corrected chi connectivity index (χ0v) is 22.0. The Labute approximate surface area is 224 Å². The summed E-state index contributed by atoms with van der Waals surface area (Å²) in [5.41, 5.74) is 0.999. The predicted molar refractivity (Wildman–Crippen MR) is 142 cm³/mol. The molecular formula is C27H28ClFN2O5S. The second-order valence-corrected chi connectivity index (χ2v) is 10.3. The molecule has 1 aliphatic heterocycles. The van der Waals surface area contributed by atoms with E-state index in [-0.39, 0.29) is 28.5 Å². The molecule has 3 amide bonds. The summed E-state index contributed by atoms with van der Waals surface area (Å²) >= 11 is 7.38. The van der Waals surface area contributed by atoms with Gasteiger partial charge >= 0.3 is 0 Å². The number of anilines is 1. The highest BCUT2D eigenvalue weighted by Crippen LogP contribution is 2.39. The van der Waals surface area contributed by atoms with E-state index >= 15 is 0 Å². The van der Waals surface area contributed by atoms with Gasteiger partial charge in [-0.1, -0.05) is 30.9 Å². The smallest absolute Gasteiger partial charge is 0.293 e. The predicted octanol–water partition coefficient (Wildman–Crippen LogP) is 6.51. The standard InChI is InChI=1S/C27H28ClFN2O5S/c1-2-35-22-13-18(14-23-26(33)31(27(34)37-23)15-17-6-4-3-5-7-17)12-21(28)25(22)36-16-24(32)30-20-10-8-19(29)9-11-20/h8-14,17H,2-7,15-16H2,1H3,(H,30,32)/b23-14+.